The quantitative estimate of drug-likeness (QED) is 0.631. The van der Waals surface area contributed by atoms with Crippen molar-refractivity contribution in [3.05, 3.63) is 64.7 Å². The van der Waals surface area contributed by atoms with Crippen LogP contribution in [0.25, 0.3) is 0 Å². The lowest BCUT2D eigenvalue weighted by Gasteiger charge is -2.19. The first-order valence-electron chi connectivity index (χ1n) is 8.53. The molecule has 2 aromatic rings. The molecule has 0 aliphatic heterocycles. The average Bonchev–Trinajstić information content (AvgIpc) is 2.65. The highest BCUT2D eigenvalue weighted by molar-refractivity contribution is 5.92. The Labute approximate surface area is 165 Å². The number of nitrogens with one attached hydrogen (secondary N) is 1. The van der Waals surface area contributed by atoms with E-state index in [0.29, 0.717) is 27.9 Å². The van der Waals surface area contributed by atoms with Crippen LogP contribution in [0.4, 0.5) is 10.5 Å². The second-order valence-corrected chi connectivity index (χ2v) is 6.85. The van der Waals surface area contributed by atoms with Crippen LogP contribution in [0.5, 0.6) is 0 Å². The van der Waals surface area contributed by atoms with Crippen molar-refractivity contribution in [1.82, 2.24) is 0 Å². The highest BCUT2D eigenvalue weighted by Gasteiger charge is 2.16. The molecule has 0 heterocycles. The molecule has 5 nitrogen and oxygen atoms in total. The van der Waals surface area contributed by atoms with Crippen molar-refractivity contribution in [2.24, 2.45) is 0 Å². The Morgan fingerprint density at radius 2 is 1.64 bits per heavy atom. The van der Waals surface area contributed by atoms with Gasteiger partial charge in [-0.15, -0.1) is 6.42 Å². The maximum atomic E-state index is 11.9. The summed E-state index contributed by atoms with van der Waals surface area (Å²) in [7, 11) is 1.30. The molecule has 1 N–H and O–H groups in total. The molecule has 142 valence electrons. The second kappa shape index (κ2) is 8.79. The lowest BCUT2D eigenvalue weighted by Crippen LogP contribution is -2.27. The van der Waals surface area contributed by atoms with Crippen LogP contribution < -0.4 is 5.32 Å². The van der Waals surface area contributed by atoms with E-state index in [1.807, 2.05) is 0 Å². The highest BCUT2D eigenvalue weighted by Crippen LogP contribution is 2.14. The van der Waals surface area contributed by atoms with Gasteiger partial charge in [0.05, 0.1) is 12.7 Å². The van der Waals surface area contributed by atoms with Crippen molar-refractivity contribution in [2.75, 3.05) is 12.4 Å². The number of hydrogen-bond donors (Lipinski definition) is 1. The van der Waals surface area contributed by atoms with E-state index in [1.165, 1.54) is 7.11 Å². The summed E-state index contributed by atoms with van der Waals surface area (Å²) < 4.78 is 9.99. The normalized spacial score (nSPS) is 10.1. The minimum atomic E-state index is -0.568. The number of hydrogen-bond acceptors (Lipinski definition) is 4. The molecule has 1 amide bonds. The maximum absolute atomic E-state index is 11.9. The summed E-state index contributed by atoms with van der Waals surface area (Å²) in [6.45, 7) is 5.39. The first-order valence-corrected chi connectivity index (χ1v) is 8.53. The summed E-state index contributed by atoms with van der Waals surface area (Å²) in [6.07, 6.45) is 4.86. The molecule has 0 aliphatic rings. The van der Waals surface area contributed by atoms with Gasteiger partial charge in [0.25, 0.3) is 0 Å². The number of terminal acetylenes is 1. The smallest absolute Gasteiger partial charge is 0.412 e. The predicted octanol–water partition coefficient (Wildman–Crippen LogP) is 4.20. The first-order chi connectivity index (χ1) is 13.2. The molecule has 0 saturated carbocycles. The standard InChI is InChI=1S/C23H21NO4/c1-6-16-7-11-18(20(15-16)21(25)27-5)12-8-17-9-13-19(14-10-17)24-22(26)28-23(2,3)4/h1,7,9-11,13-15H,2-5H3,(H,24,26). The van der Waals surface area contributed by atoms with E-state index in [0.717, 1.165) is 0 Å². The summed E-state index contributed by atoms with van der Waals surface area (Å²) in [5, 5.41) is 2.65. The molecule has 0 aliphatic carbocycles. The number of carbonyl (C=O) groups is 2. The lowest BCUT2D eigenvalue weighted by molar-refractivity contribution is 0.0597. The number of carbonyl (C=O) groups excluding carboxylic acids is 2. The van der Waals surface area contributed by atoms with Crippen molar-refractivity contribution in [2.45, 2.75) is 26.4 Å². The van der Waals surface area contributed by atoms with E-state index >= 15 is 0 Å². The van der Waals surface area contributed by atoms with Crippen LogP contribution in [-0.4, -0.2) is 24.8 Å². The summed E-state index contributed by atoms with van der Waals surface area (Å²) in [4.78, 5) is 23.7. The van der Waals surface area contributed by atoms with Gasteiger partial charge in [0, 0.05) is 22.4 Å². The lowest BCUT2D eigenvalue weighted by atomic mass is 10.0. The summed E-state index contributed by atoms with van der Waals surface area (Å²) in [5.41, 5.74) is 2.14. The Morgan fingerprint density at radius 3 is 2.21 bits per heavy atom. The fourth-order valence-electron chi connectivity index (χ4n) is 2.22. The number of methoxy groups -OCH3 is 1. The van der Waals surface area contributed by atoms with E-state index in [1.54, 1.807) is 63.2 Å². The Hall–Kier alpha value is -3.70. The predicted molar refractivity (Wildman–Crippen MR) is 108 cm³/mol. The minimum absolute atomic E-state index is 0.314. The Bertz CT molecular complexity index is 980. The molecule has 28 heavy (non-hydrogen) atoms. The van der Waals surface area contributed by atoms with Crippen molar-refractivity contribution in [3.63, 3.8) is 0 Å². The van der Waals surface area contributed by atoms with Crippen molar-refractivity contribution in [1.29, 1.82) is 0 Å². The third-order valence-electron chi connectivity index (χ3n) is 3.46. The monoisotopic (exact) mass is 375 g/mol. The molecule has 0 aromatic heterocycles. The largest absolute Gasteiger partial charge is 0.465 e. The molecule has 0 radical (unpaired) electrons. The number of benzene rings is 2. The van der Waals surface area contributed by atoms with E-state index < -0.39 is 17.7 Å². The molecule has 0 spiro atoms. The maximum Gasteiger partial charge on any atom is 0.412 e. The molecule has 0 fully saturated rings. The van der Waals surface area contributed by atoms with E-state index in [9.17, 15) is 9.59 Å². The van der Waals surface area contributed by atoms with Gasteiger partial charge in [0.1, 0.15) is 5.60 Å². The number of ether oxygens (including phenoxy) is 2. The van der Waals surface area contributed by atoms with Crippen LogP contribution in [0, 0.1) is 24.2 Å². The van der Waals surface area contributed by atoms with Gasteiger partial charge in [-0.2, -0.15) is 0 Å². The fraction of sp³-hybridized carbons (Fsp3) is 0.217. The van der Waals surface area contributed by atoms with E-state index in [-0.39, 0.29) is 0 Å². The molecule has 0 bridgehead atoms. The van der Waals surface area contributed by atoms with Crippen LogP contribution >= 0.6 is 0 Å². The molecule has 0 atom stereocenters. The third kappa shape index (κ3) is 5.93. The third-order valence-corrected chi connectivity index (χ3v) is 3.46. The van der Waals surface area contributed by atoms with Crippen LogP contribution in [0.3, 0.4) is 0 Å². The van der Waals surface area contributed by atoms with Gasteiger partial charge >= 0.3 is 12.1 Å². The molecule has 0 saturated heterocycles. The van der Waals surface area contributed by atoms with Gasteiger partial charge in [0.2, 0.25) is 0 Å². The summed E-state index contributed by atoms with van der Waals surface area (Å²) >= 11 is 0. The van der Waals surface area contributed by atoms with Gasteiger partial charge in [-0.1, -0.05) is 17.8 Å². The second-order valence-electron chi connectivity index (χ2n) is 6.85. The number of amides is 1. The SMILES string of the molecule is C#Cc1ccc(C#Cc2ccc(NC(=O)OC(C)(C)C)cc2)c(C(=O)OC)c1. The average molecular weight is 375 g/mol. The van der Waals surface area contributed by atoms with E-state index in [4.69, 9.17) is 15.9 Å². The van der Waals surface area contributed by atoms with Crippen molar-refractivity contribution >= 4 is 17.7 Å². The summed E-state index contributed by atoms with van der Waals surface area (Å²) in [5.74, 6) is 7.92. The highest BCUT2D eigenvalue weighted by atomic mass is 16.6. The molecule has 0 unspecified atom stereocenters. The molecule has 2 aromatic carbocycles. The fourth-order valence-corrected chi connectivity index (χ4v) is 2.22. The zero-order valence-corrected chi connectivity index (χ0v) is 16.3. The molecule has 5 heteroatoms. The minimum Gasteiger partial charge on any atom is -0.465 e. The van der Waals surface area contributed by atoms with E-state index in [2.05, 4.69) is 23.1 Å². The molecular formula is C23H21NO4. The van der Waals surface area contributed by atoms with Crippen LogP contribution in [0.1, 0.15) is 47.8 Å². The summed E-state index contributed by atoms with van der Waals surface area (Å²) in [6, 6.07) is 11.9. The van der Waals surface area contributed by atoms with Gasteiger partial charge in [-0.05, 0) is 63.2 Å². The number of esters is 1. The zero-order valence-electron chi connectivity index (χ0n) is 16.3. The van der Waals surface area contributed by atoms with Gasteiger partial charge < -0.3 is 9.47 Å². The number of rotatable bonds is 2. The van der Waals surface area contributed by atoms with Gasteiger partial charge in [0.15, 0.2) is 0 Å². The Morgan fingerprint density at radius 1 is 1.00 bits per heavy atom. The van der Waals surface area contributed by atoms with Crippen LogP contribution in [0.15, 0.2) is 42.5 Å². The van der Waals surface area contributed by atoms with Crippen LogP contribution in [-0.2, 0) is 9.47 Å². The zero-order chi connectivity index (χ0) is 20.7. The topological polar surface area (TPSA) is 64.6 Å². The van der Waals surface area contributed by atoms with Crippen LogP contribution in [0.2, 0.25) is 0 Å². The molecular weight excluding hydrogens is 354 g/mol. The Balaban J connectivity index is 2.18. The van der Waals surface area contributed by atoms with Crippen molar-refractivity contribution < 1.29 is 19.1 Å². The molecule has 2 rings (SSSR count). The van der Waals surface area contributed by atoms with Gasteiger partial charge in [-0.3, -0.25) is 5.32 Å². The van der Waals surface area contributed by atoms with Crippen molar-refractivity contribution in [3.8, 4) is 24.2 Å². The van der Waals surface area contributed by atoms with Gasteiger partial charge in [-0.25, -0.2) is 9.59 Å². The Kier molecular flexibility index (Phi) is 6.47. The first kappa shape index (κ1) is 20.6. The number of anilines is 1.